The fourth-order valence-electron chi connectivity index (χ4n) is 5.97. The topological polar surface area (TPSA) is 120 Å². The molecule has 2 aromatic rings. The van der Waals surface area contributed by atoms with Crippen LogP contribution in [0.1, 0.15) is 111 Å². The molecule has 0 radical (unpaired) electrons. The first kappa shape index (κ1) is 36.4. The summed E-state index contributed by atoms with van der Waals surface area (Å²) >= 11 is 0. The summed E-state index contributed by atoms with van der Waals surface area (Å²) in [6.45, 7) is 15.5. The number of benzene rings is 2. The molecule has 0 spiro atoms. The molecule has 1 fully saturated rings. The minimum Gasteiger partial charge on any atom is -0.725 e. The standard InChI is InChI=1S/C33H40O4.C4H8O5S/c1-20(2)9-8-10-22(5)12-14-27-26(15-16-29-33(27)36-19-35-29)30-18-28(34)32-24(7)25(13-11-21(3)4)23(6)17-31(32)37-30;5-10(6,7)9-4-2-1-3-8-4/h9,11-12,15-17,30H,8,10,13-14,18-19H2,1-7H3;4H,1-3H2,(H,5,6,7)/p-1/b22-12+;. The molecule has 9 nitrogen and oxygen atoms in total. The Labute approximate surface area is 279 Å². The van der Waals surface area contributed by atoms with Crippen molar-refractivity contribution in [2.45, 2.75) is 106 Å². The van der Waals surface area contributed by atoms with Crippen LogP contribution in [0.4, 0.5) is 0 Å². The van der Waals surface area contributed by atoms with E-state index < -0.39 is 16.7 Å². The third kappa shape index (κ3) is 10.0. The van der Waals surface area contributed by atoms with E-state index in [-0.39, 0.29) is 18.7 Å². The molecule has 2 atom stereocenters. The van der Waals surface area contributed by atoms with Crippen molar-refractivity contribution in [3.05, 3.63) is 86.5 Å². The molecule has 3 aliphatic heterocycles. The lowest BCUT2D eigenvalue weighted by Gasteiger charge is -2.29. The molecule has 3 heterocycles. The van der Waals surface area contributed by atoms with Crippen LogP contribution < -0.4 is 14.2 Å². The smallest absolute Gasteiger partial charge is 0.231 e. The number of fused-ring (bicyclic) bond motifs is 2. The van der Waals surface area contributed by atoms with Gasteiger partial charge in [0.15, 0.2) is 23.6 Å². The Morgan fingerprint density at radius 3 is 2.36 bits per heavy atom. The van der Waals surface area contributed by atoms with Crippen molar-refractivity contribution in [2.75, 3.05) is 13.4 Å². The quantitative estimate of drug-likeness (QED) is 0.141. The summed E-state index contributed by atoms with van der Waals surface area (Å²) in [5.74, 6) is 2.36. The molecule has 3 aliphatic rings. The summed E-state index contributed by atoms with van der Waals surface area (Å²) in [5.41, 5.74) is 10.1. The van der Waals surface area contributed by atoms with Gasteiger partial charge in [-0.2, -0.15) is 0 Å². The number of ketones is 1. The van der Waals surface area contributed by atoms with E-state index in [2.05, 4.69) is 70.9 Å². The van der Waals surface area contributed by atoms with Crippen LogP contribution in [-0.4, -0.2) is 38.4 Å². The second kappa shape index (κ2) is 16.1. The number of carbonyl (C=O) groups is 1. The number of rotatable bonds is 10. The highest BCUT2D eigenvalue weighted by Gasteiger charge is 2.33. The SMILES string of the molecule is CC(C)=CCC/C(C)=C/Cc1c(C2CC(=O)c3c(cc(C)c(CC=C(C)C)c3C)O2)ccc2c1OCO2.O=S(=O)([O-])OC1CCCO1. The van der Waals surface area contributed by atoms with Gasteiger partial charge in [-0.3, -0.25) is 4.79 Å². The Hall–Kier alpha value is -3.44. The van der Waals surface area contributed by atoms with Crippen molar-refractivity contribution in [3.63, 3.8) is 0 Å². The molecule has 2 unspecified atom stereocenters. The average molecular weight is 668 g/mol. The summed E-state index contributed by atoms with van der Waals surface area (Å²) in [7, 11) is -4.58. The van der Waals surface area contributed by atoms with Crippen molar-refractivity contribution in [1.82, 2.24) is 0 Å². The van der Waals surface area contributed by atoms with E-state index in [1.165, 1.54) is 22.3 Å². The average Bonchev–Trinajstić information content (AvgIpc) is 3.66. The van der Waals surface area contributed by atoms with Crippen molar-refractivity contribution in [2.24, 2.45) is 0 Å². The number of hydrogen-bond acceptors (Lipinski definition) is 9. The minimum absolute atomic E-state index is 0.138. The second-order valence-corrected chi connectivity index (χ2v) is 13.8. The molecule has 2 aromatic carbocycles. The van der Waals surface area contributed by atoms with E-state index in [9.17, 15) is 17.8 Å². The minimum atomic E-state index is -4.58. The zero-order valence-electron chi connectivity index (χ0n) is 28.6. The summed E-state index contributed by atoms with van der Waals surface area (Å²) in [4.78, 5) is 13.5. The summed E-state index contributed by atoms with van der Waals surface area (Å²) in [6, 6.07) is 6.02. The Bertz CT molecular complexity index is 1650. The molecule has 0 aliphatic carbocycles. The maximum absolute atomic E-state index is 13.5. The molecule has 256 valence electrons. The van der Waals surface area contributed by atoms with Crippen LogP contribution in [0, 0.1) is 13.8 Å². The van der Waals surface area contributed by atoms with Gasteiger partial charge in [0.05, 0.1) is 12.0 Å². The van der Waals surface area contributed by atoms with Gasteiger partial charge >= 0.3 is 0 Å². The number of ether oxygens (including phenoxy) is 4. The summed E-state index contributed by atoms with van der Waals surface area (Å²) < 4.78 is 56.7. The van der Waals surface area contributed by atoms with Gasteiger partial charge < -0.3 is 23.5 Å². The molecular weight excluding hydrogens is 620 g/mol. The summed E-state index contributed by atoms with van der Waals surface area (Å²) in [6.07, 6.45) is 10.7. The van der Waals surface area contributed by atoms with Crippen LogP contribution in [-0.2, 0) is 32.2 Å². The van der Waals surface area contributed by atoms with Gasteiger partial charge in [0.25, 0.3) is 0 Å². The van der Waals surface area contributed by atoms with E-state index in [0.29, 0.717) is 31.6 Å². The fourth-order valence-corrected chi connectivity index (χ4v) is 6.38. The monoisotopic (exact) mass is 667 g/mol. The Kier molecular flexibility index (Phi) is 12.5. The lowest BCUT2D eigenvalue weighted by atomic mass is 9.86. The predicted octanol–water partition coefficient (Wildman–Crippen LogP) is 8.08. The van der Waals surface area contributed by atoms with E-state index in [1.807, 2.05) is 18.2 Å². The largest absolute Gasteiger partial charge is 0.725 e. The number of Topliss-reactive ketones (excluding diaryl/α,β-unsaturated/α-hetero) is 1. The molecule has 0 amide bonds. The van der Waals surface area contributed by atoms with Gasteiger partial charge in [-0.05, 0) is 109 Å². The Morgan fingerprint density at radius 1 is 0.979 bits per heavy atom. The highest BCUT2D eigenvalue weighted by molar-refractivity contribution is 7.80. The first-order valence-corrected chi connectivity index (χ1v) is 17.5. The number of hydrogen-bond donors (Lipinski definition) is 0. The second-order valence-electron chi connectivity index (χ2n) is 12.8. The lowest BCUT2D eigenvalue weighted by molar-refractivity contribution is -0.0414. The van der Waals surface area contributed by atoms with Crippen LogP contribution in [0.15, 0.2) is 53.1 Å². The van der Waals surface area contributed by atoms with Gasteiger partial charge in [-0.1, -0.05) is 41.0 Å². The molecule has 0 N–H and O–H groups in total. The van der Waals surface area contributed by atoms with Gasteiger partial charge in [-0.15, -0.1) is 0 Å². The van der Waals surface area contributed by atoms with E-state index in [1.54, 1.807) is 0 Å². The number of allylic oxidation sites excluding steroid dienone is 6. The van der Waals surface area contributed by atoms with E-state index in [0.717, 1.165) is 65.0 Å². The highest BCUT2D eigenvalue weighted by atomic mass is 32.3. The molecule has 5 rings (SSSR count). The van der Waals surface area contributed by atoms with Gasteiger partial charge in [0.2, 0.25) is 17.2 Å². The van der Waals surface area contributed by atoms with Crippen LogP contribution in [0.2, 0.25) is 0 Å². The van der Waals surface area contributed by atoms with Crippen LogP contribution >= 0.6 is 0 Å². The molecule has 47 heavy (non-hydrogen) atoms. The van der Waals surface area contributed by atoms with Crippen molar-refractivity contribution in [1.29, 1.82) is 0 Å². The maximum Gasteiger partial charge on any atom is 0.231 e. The van der Waals surface area contributed by atoms with Crippen LogP contribution in [0.5, 0.6) is 17.2 Å². The lowest BCUT2D eigenvalue weighted by Crippen LogP contribution is -2.23. The van der Waals surface area contributed by atoms with Crippen molar-refractivity contribution >= 4 is 16.2 Å². The van der Waals surface area contributed by atoms with Gasteiger partial charge in [0, 0.05) is 24.2 Å². The number of aryl methyl sites for hydroxylation is 1. The highest BCUT2D eigenvalue weighted by Crippen LogP contribution is 2.45. The zero-order valence-corrected chi connectivity index (χ0v) is 29.4. The van der Waals surface area contributed by atoms with E-state index in [4.69, 9.17) is 18.9 Å². The van der Waals surface area contributed by atoms with Gasteiger partial charge in [0.1, 0.15) is 11.9 Å². The first-order chi connectivity index (χ1) is 22.2. The molecule has 10 heteroatoms. The number of carbonyl (C=O) groups excluding carboxylic acids is 1. The normalized spacial score (nSPS) is 18.6. The maximum atomic E-state index is 13.5. The third-order valence-electron chi connectivity index (χ3n) is 8.42. The molecule has 0 aromatic heterocycles. The fraction of sp³-hybridized carbons (Fsp3) is 0.486. The third-order valence-corrected chi connectivity index (χ3v) is 8.87. The molecule has 0 saturated carbocycles. The zero-order chi connectivity index (χ0) is 34.3. The Balaban J connectivity index is 0.000000427. The molecule has 1 saturated heterocycles. The van der Waals surface area contributed by atoms with Crippen LogP contribution in [0.25, 0.3) is 0 Å². The molecule has 0 bridgehead atoms. The Morgan fingerprint density at radius 2 is 1.70 bits per heavy atom. The first-order valence-electron chi connectivity index (χ1n) is 16.2. The van der Waals surface area contributed by atoms with E-state index >= 15 is 0 Å². The molecular formula is C37H47O9S-. The van der Waals surface area contributed by atoms with Crippen molar-refractivity contribution < 1.29 is 40.9 Å². The predicted molar refractivity (Wildman–Crippen MR) is 180 cm³/mol. The van der Waals surface area contributed by atoms with Crippen LogP contribution in [0.3, 0.4) is 0 Å². The van der Waals surface area contributed by atoms with Gasteiger partial charge in [-0.25, -0.2) is 12.6 Å². The van der Waals surface area contributed by atoms with Crippen molar-refractivity contribution in [3.8, 4) is 17.2 Å². The summed E-state index contributed by atoms with van der Waals surface area (Å²) in [5, 5.41) is 0.